The number of oxazole rings is 1. The molecule has 0 amide bonds. The number of para-hydroxylation sites is 2. The van der Waals surface area contributed by atoms with E-state index in [0.29, 0.717) is 17.7 Å². The molecular weight excluding hydrogens is 259 g/mol. The summed E-state index contributed by atoms with van der Waals surface area (Å²) in [4.78, 5) is 11.9. The fourth-order valence-electron chi connectivity index (χ4n) is 2.23. The standard InChI is InChI=1S/C15H13FN2O2/c16-12-6-5-10(7-11(12)8-17)9-18-13-3-1-2-4-14(13)20-15(18)19/h1-7H,8-9,17H2. The normalized spacial score (nSPS) is 11.1. The van der Waals surface area contributed by atoms with Crippen LogP contribution in [0.3, 0.4) is 0 Å². The second kappa shape index (κ2) is 4.94. The average molecular weight is 272 g/mol. The van der Waals surface area contributed by atoms with Gasteiger partial charge in [-0.05, 0) is 29.8 Å². The molecule has 0 bridgehead atoms. The van der Waals surface area contributed by atoms with Crippen molar-refractivity contribution in [2.24, 2.45) is 5.73 Å². The van der Waals surface area contributed by atoms with Crippen molar-refractivity contribution in [1.29, 1.82) is 0 Å². The first-order chi connectivity index (χ1) is 9.69. The Morgan fingerprint density at radius 3 is 2.80 bits per heavy atom. The van der Waals surface area contributed by atoms with E-state index in [0.717, 1.165) is 11.1 Å². The van der Waals surface area contributed by atoms with E-state index in [-0.39, 0.29) is 12.4 Å². The first-order valence-corrected chi connectivity index (χ1v) is 6.25. The van der Waals surface area contributed by atoms with Crippen molar-refractivity contribution in [3.63, 3.8) is 0 Å². The molecule has 2 aromatic carbocycles. The molecular formula is C15H13FN2O2. The van der Waals surface area contributed by atoms with E-state index in [1.54, 1.807) is 24.3 Å². The fourth-order valence-corrected chi connectivity index (χ4v) is 2.23. The van der Waals surface area contributed by atoms with Gasteiger partial charge in [0.2, 0.25) is 0 Å². The molecule has 102 valence electrons. The summed E-state index contributed by atoms with van der Waals surface area (Å²) in [5.41, 5.74) is 7.99. The lowest BCUT2D eigenvalue weighted by Crippen LogP contribution is -2.15. The van der Waals surface area contributed by atoms with Crippen LogP contribution in [-0.4, -0.2) is 4.57 Å². The summed E-state index contributed by atoms with van der Waals surface area (Å²) in [5, 5.41) is 0. The lowest BCUT2D eigenvalue weighted by atomic mass is 10.1. The lowest BCUT2D eigenvalue weighted by molar-refractivity contribution is 0.517. The van der Waals surface area contributed by atoms with E-state index in [9.17, 15) is 9.18 Å². The van der Waals surface area contributed by atoms with E-state index >= 15 is 0 Å². The summed E-state index contributed by atoms with van der Waals surface area (Å²) in [7, 11) is 0. The maximum absolute atomic E-state index is 13.4. The van der Waals surface area contributed by atoms with Crippen LogP contribution in [0.2, 0.25) is 0 Å². The Kier molecular flexibility index (Phi) is 3.12. The lowest BCUT2D eigenvalue weighted by Gasteiger charge is -2.06. The van der Waals surface area contributed by atoms with Gasteiger partial charge in [0.05, 0.1) is 12.1 Å². The summed E-state index contributed by atoms with van der Waals surface area (Å²) in [6, 6.07) is 11.9. The monoisotopic (exact) mass is 272 g/mol. The van der Waals surface area contributed by atoms with Crippen molar-refractivity contribution in [2.75, 3.05) is 0 Å². The number of hydrogen-bond acceptors (Lipinski definition) is 3. The maximum atomic E-state index is 13.4. The minimum absolute atomic E-state index is 0.126. The van der Waals surface area contributed by atoms with Gasteiger partial charge in [0.25, 0.3) is 0 Å². The Balaban J connectivity index is 2.05. The van der Waals surface area contributed by atoms with Crippen LogP contribution < -0.4 is 11.5 Å². The SMILES string of the molecule is NCc1cc(Cn2c(=O)oc3ccccc32)ccc1F. The third kappa shape index (κ3) is 2.12. The summed E-state index contributed by atoms with van der Waals surface area (Å²) < 4.78 is 20.1. The summed E-state index contributed by atoms with van der Waals surface area (Å²) in [5.74, 6) is -0.759. The number of halogens is 1. The van der Waals surface area contributed by atoms with Gasteiger partial charge in [-0.15, -0.1) is 0 Å². The van der Waals surface area contributed by atoms with Crippen LogP contribution in [0.15, 0.2) is 51.7 Å². The number of nitrogens with two attached hydrogens (primary N) is 1. The molecule has 1 aromatic heterocycles. The van der Waals surface area contributed by atoms with Gasteiger partial charge in [0.1, 0.15) is 5.82 Å². The Labute approximate surface area is 114 Å². The molecule has 0 aliphatic heterocycles. The van der Waals surface area contributed by atoms with E-state index < -0.39 is 5.76 Å². The number of aromatic nitrogens is 1. The highest BCUT2D eigenvalue weighted by atomic mass is 19.1. The highest BCUT2D eigenvalue weighted by molar-refractivity contribution is 5.72. The van der Waals surface area contributed by atoms with Crippen LogP contribution in [0.25, 0.3) is 11.1 Å². The van der Waals surface area contributed by atoms with E-state index in [1.807, 2.05) is 12.1 Å². The molecule has 0 fully saturated rings. The zero-order valence-electron chi connectivity index (χ0n) is 10.7. The number of fused-ring (bicyclic) bond motifs is 1. The van der Waals surface area contributed by atoms with Gasteiger partial charge in [-0.3, -0.25) is 4.57 Å². The molecule has 4 nitrogen and oxygen atoms in total. The zero-order chi connectivity index (χ0) is 14.1. The van der Waals surface area contributed by atoms with Crippen molar-refractivity contribution in [2.45, 2.75) is 13.1 Å². The zero-order valence-corrected chi connectivity index (χ0v) is 10.7. The largest absolute Gasteiger partial charge is 0.420 e. The Hall–Kier alpha value is -2.40. The third-order valence-corrected chi connectivity index (χ3v) is 3.24. The quantitative estimate of drug-likeness (QED) is 0.795. The molecule has 0 atom stereocenters. The van der Waals surface area contributed by atoms with Crippen molar-refractivity contribution in [3.8, 4) is 0 Å². The third-order valence-electron chi connectivity index (χ3n) is 3.24. The highest BCUT2D eigenvalue weighted by Gasteiger charge is 2.10. The first-order valence-electron chi connectivity index (χ1n) is 6.25. The van der Waals surface area contributed by atoms with Gasteiger partial charge < -0.3 is 10.2 Å². The van der Waals surface area contributed by atoms with Crippen LogP contribution in [-0.2, 0) is 13.1 Å². The number of nitrogens with zero attached hydrogens (tertiary/aromatic N) is 1. The van der Waals surface area contributed by atoms with Gasteiger partial charge in [0, 0.05) is 12.1 Å². The molecule has 20 heavy (non-hydrogen) atoms. The van der Waals surface area contributed by atoms with Gasteiger partial charge in [-0.2, -0.15) is 0 Å². The molecule has 0 unspecified atom stereocenters. The molecule has 0 spiro atoms. The molecule has 5 heteroatoms. The molecule has 0 saturated heterocycles. The molecule has 1 heterocycles. The highest BCUT2D eigenvalue weighted by Crippen LogP contribution is 2.15. The molecule has 0 aliphatic carbocycles. The van der Waals surface area contributed by atoms with Crippen LogP contribution in [0.5, 0.6) is 0 Å². The van der Waals surface area contributed by atoms with Crippen LogP contribution in [0.1, 0.15) is 11.1 Å². The first kappa shape index (κ1) is 12.6. The second-order valence-electron chi connectivity index (χ2n) is 4.55. The maximum Gasteiger partial charge on any atom is 0.420 e. The Morgan fingerprint density at radius 2 is 2.00 bits per heavy atom. The Bertz CT molecular complexity index is 820. The van der Waals surface area contributed by atoms with Crippen LogP contribution in [0, 0.1) is 5.82 Å². The van der Waals surface area contributed by atoms with Crippen molar-refractivity contribution < 1.29 is 8.81 Å². The summed E-state index contributed by atoms with van der Waals surface area (Å²) in [6.45, 7) is 0.448. The minimum atomic E-state index is -0.426. The summed E-state index contributed by atoms with van der Waals surface area (Å²) in [6.07, 6.45) is 0. The van der Waals surface area contributed by atoms with Crippen LogP contribution in [0.4, 0.5) is 4.39 Å². The minimum Gasteiger partial charge on any atom is -0.408 e. The molecule has 3 aromatic rings. The van der Waals surface area contributed by atoms with E-state index in [4.69, 9.17) is 10.2 Å². The number of hydrogen-bond donors (Lipinski definition) is 1. The average Bonchev–Trinajstić information content (AvgIpc) is 2.77. The van der Waals surface area contributed by atoms with E-state index in [2.05, 4.69) is 0 Å². The Morgan fingerprint density at radius 1 is 1.20 bits per heavy atom. The molecule has 2 N–H and O–H groups in total. The fraction of sp³-hybridized carbons (Fsp3) is 0.133. The van der Waals surface area contributed by atoms with Gasteiger partial charge >= 0.3 is 5.76 Å². The topological polar surface area (TPSA) is 61.2 Å². The second-order valence-corrected chi connectivity index (χ2v) is 4.55. The van der Waals surface area contributed by atoms with Crippen molar-refractivity contribution in [3.05, 3.63) is 70.0 Å². The molecule has 0 aliphatic rings. The van der Waals surface area contributed by atoms with Gasteiger partial charge in [-0.25, -0.2) is 9.18 Å². The molecule has 3 rings (SSSR count). The molecule has 0 radical (unpaired) electrons. The van der Waals surface area contributed by atoms with Crippen molar-refractivity contribution >= 4 is 11.1 Å². The smallest absolute Gasteiger partial charge is 0.408 e. The van der Waals surface area contributed by atoms with Crippen molar-refractivity contribution in [1.82, 2.24) is 4.57 Å². The van der Waals surface area contributed by atoms with Gasteiger partial charge in [0.15, 0.2) is 5.58 Å². The predicted octanol–water partition coefficient (Wildman–Crippen LogP) is 2.24. The molecule has 0 saturated carbocycles. The van der Waals surface area contributed by atoms with Gasteiger partial charge in [-0.1, -0.05) is 18.2 Å². The number of rotatable bonds is 3. The van der Waals surface area contributed by atoms with Crippen LogP contribution >= 0.6 is 0 Å². The summed E-state index contributed by atoms with van der Waals surface area (Å²) >= 11 is 0. The van der Waals surface area contributed by atoms with E-state index in [1.165, 1.54) is 10.6 Å². The number of benzene rings is 2. The predicted molar refractivity (Wildman–Crippen MR) is 73.9 cm³/mol.